The zero-order valence-electron chi connectivity index (χ0n) is 11.0. The Balaban J connectivity index is 1.61. The van der Waals surface area contributed by atoms with E-state index in [1.165, 1.54) is 12.8 Å². The summed E-state index contributed by atoms with van der Waals surface area (Å²) in [5, 5.41) is 0. The molecule has 2 atom stereocenters. The molecule has 100 valence electrons. The molecule has 2 heterocycles. The second kappa shape index (κ2) is 5.47. The third-order valence-electron chi connectivity index (χ3n) is 3.94. The molecule has 3 heteroatoms. The zero-order valence-corrected chi connectivity index (χ0v) is 11.0. The van der Waals surface area contributed by atoms with Crippen molar-refractivity contribution in [3.8, 4) is 0 Å². The monoisotopic (exact) mass is 257 g/mol. The molecule has 2 aliphatic rings. The van der Waals surface area contributed by atoms with Crippen LogP contribution in [0.25, 0.3) is 0 Å². The lowest BCUT2D eigenvalue weighted by Crippen LogP contribution is -2.41. The van der Waals surface area contributed by atoms with Gasteiger partial charge in [0.25, 0.3) is 0 Å². The predicted molar refractivity (Wildman–Crippen MR) is 73.7 cm³/mol. The van der Waals surface area contributed by atoms with E-state index in [1.807, 2.05) is 35.2 Å². The first-order chi connectivity index (χ1) is 9.34. The van der Waals surface area contributed by atoms with E-state index in [-0.39, 0.29) is 18.2 Å². The molecule has 0 N–H and O–H groups in total. The van der Waals surface area contributed by atoms with Crippen LogP contribution in [0.5, 0.6) is 0 Å². The van der Waals surface area contributed by atoms with Gasteiger partial charge in [0.2, 0.25) is 0 Å². The van der Waals surface area contributed by atoms with Crippen LogP contribution in [0.3, 0.4) is 0 Å². The maximum atomic E-state index is 12.2. The van der Waals surface area contributed by atoms with Crippen molar-refractivity contribution in [1.82, 2.24) is 4.90 Å². The highest BCUT2D eigenvalue weighted by Gasteiger charge is 2.35. The van der Waals surface area contributed by atoms with Gasteiger partial charge in [0.05, 0.1) is 12.1 Å². The molecule has 0 unspecified atom stereocenters. The van der Waals surface area contributed by atoms with Gasteiger partial charge in [0.1, 0.15) is 6.61 Å². The molecular weight excluding hydrogens is 238 g/mol. The average Bonchev–Trinajstić information content (AvgIpc) is 2.71. The summed E-state index contributed by atoms with van der Waals surface area (Å²) in [6, 6.07) is 10.3. The lowest BCUT2D eigenvalue weighted by atomic mass is 10.1. The number of hydrogen-bond donors (Lipinski definition) is 0. The Morgan fingerprint density at radius 3 is 2.37 bits per heavy atom. The predicted octanol–water partition coefficient (Wildman–Crippen LogP) is 3.51. The van der Waals surface area contributed by atoms with Crippen molar-refractivity contribution in [2.24, 2.45) is 0 Å². The average molecular weight is 257 g/mol. The normalized spacial score (nSPS) is 25.2. The Hall–Kier alpha value is -1.77. The molecule has 1 fully saturated rings. The van der Waals surface area contributed by atoms with Gasteiger partial charge in [-0.2, -0.15) is 0 Å². The van der Waals surface area contributed by atoms with Crippen LogP contribution in [0, 0.1) is 0 Å². The molecule has 1 saturated heterocycles. The highest BCUT2D eigenvalue weighted by Crippen LogP contribution is 2.29. The Morgan fingerprint density at radius 2 is 1.74 bits per heavy atom. The highest BCUT2D eigenvalue weighted by molar-refractivity contribution is 5.70. The van der Waals surface area contributed by atoms with E-state index in [1.54, 1.807) is 0 Å². The van der Waals surface area contributed by atoms with Gasteiger partial charge >= 0.3 is 6.09 Å². The van der Waals surface area contributed by atoms with Gasteiger partial charge in [0.15, 0.2) is 0 Å². The van der Waals surface area contributed by atoms with Crippen LogP contribution in [0.1, 0.15) is 31.2 Å². The van der Waals surface area contributed by atoms with Crippen LogP contribution in [-0.4, -0.2) is 23.1 Å². The molecule has 0 radical (unpaired) electrons. The van der Waals surface area contributed by atoms with Gasteiger partial charge in [-0.3, -0.25) is 4.90 Å². The fourth-order valence-corrected chi connectivity index (χ4v) is 2.93. The number of amides is 1. The number of carbonyl (C=O) groups is 1. The largest absolute Gasteiger partial charge is 0.445 e. The van der Waals surface area contributed by atoms with Gasteiger partial charge in [0, 0.05) is 0 Å². The standard InChI is InChI=1S/C16H19NO2/c18-16(19-12-13-6-2-1-3-7-13)17-14-8-4-5-9-15(17)11-10-14/h1-3,6-7,10-11,14-15H,4-5,8-9,12H2/t14-,15+. The Morgan fingerprint density at radius 1 is 1.11 bits per heavy atom. The summed E-state index contributed by atoms with van der Waals surface area (Å²) in [7, 11) is 0. The molecule has 19 heavy (non-hydrogen) atoms. The molecule has 1 aromatic rings. The molecule has 0 aliphatic carbocycles. The number of rotatable bonds is 2. The molecule has 2 bridgehead atoms. The fourth-order valence-electron chi connectivity index (χ4n) is 2.93. The quantitative estimate of drug-likeness (QED) is 0.759. The smallest absolute Gasteiger partial charge is 0.411 e. The third kappa shape index (κ3) is 2.65. The number of carbonyl (C=O) groups excluding carboxylic acids is 1. The summed E-state index contributed by atoms with van der Waals surface area (Å²) in [5.41, 5.74) is 1.03. The summed E-state index contributed by atoms with van der Waals surface area (Å²) in [4.78, 5) is 14.2. The van der Waals surface area contributed by atoms with Crippen LogP contribution < -0.4 is 0 Å². The lowest BCUT2D eigenvalue weighted by molar-refractivity contribution is 0.0828. The number of fused-ring (bicyclic) bond motifs is 2. The van der Waals surface area contributed by atoms with Crippen molar-refractivity contribution >= 4 is 6.09 Å². The van der Waals surface area contributed by atoms with E-state index in [0.717, 1.165) is 18.4 Å². The van der Waals surface area contributed by atoms with Crippen LogP contribution in [-0.2, 0) is 11.3 Å². The molecule has 1 aromatic carbocycles. The Kier molecular flexibility index (Phi) is 3.53. The van der Waals surface area contributed by atoms with Crippen molar-refractivity contribution in [2.75, 3.05) is 0 Å². The highest BCUT2D eigenvalue weighted by atomic mass is 16.6. The second-order valence-electron chi connectivity index (χ2n) is 5.25. The molecule has 3 rings (SSSR count). The first-order valence-electron chi connectivity index (χ1n) is 7.02. The molecule has 0 spiro atoms. The summed E-state index contributed by atoms with van der Waals surface area (Å²) in [5.74, 6) is 0. The number of hydrogen-bond acceptors (Lipinski definition) is 2. The summed E-state index contributed by atoms with van der Waals surface area (Å²) in [6.07, 6.45) is 8.68. The number of ether oxygens (including phenoxy) is 1. The number of nitrogens with zero attached hydrogens (tertiary/aromatic N) is 1. The van der Waals surface area contributed by atoms with Gasteiger partial charge in [-0.1, -0.05) is 55.3 Å². The first-order valence-corrected chi connectivity index (χ1v) is 7.02. The number of benzene rings is 1. The Labute approximate surface area is 113 Å². The van der Waals surface area contributed by atoms with Crippen LogP contribution in [0.2, 0.25) is 0 Å². The third-order valence-corrected chi connectivity index (χ3v) is 3.94. The lowest BCUT2D eigenvalue weighted by Gasteiger charge is -2.27. The van der Waals surface area contributed by atoms with E-state index in [9.17, 15) is 4.79 Å². The maximum absolute atomic E-state index is 12.2. The van der Waals surface area contributed by atoms with E-state index in [0.29, 0.717) is 6.61 Å². The first kappa shape index (κ1) is 12.3. The molecule has 3 nitrogen and oxygen atoms in total. The van der Waals surface area contributed by atoms with Crippen molar-refractivity contribution < 1.29 is 9.53 Å². The molecule has 2 aliphatic heterocycles. The van der Waals surface area contributed by atoms with Gasteiger partial charge in [-0.05, 0) is 18.4 Å². The SMILES string of the molecule is O=C(OCc1ccccc1)N1[C@@H]2C=C[C@H]1CCCC2. The molecule has 0 saturated carbocycles. The minimum atomic E-state index is -0.175. The summed E-state index contributed by atoms with van der Waals surface area (Å²) >= 11 is 0. The minimum Gasteiger partial charge on any atom is -0.445 e. The van der Waals surface area contributed by atoms with Crippen molar-refractivity contribution in [1.29, 1.82) is 0 Å². The van der Waals surface area contributed by atoms with E-state index in [4.69, 9.17) is 4.74 Å². The molecular formula is C16H19NO2. The van der Waals surface area contributed by atoms with Crippen molar-refractivity contribution in [3.05, 3.63) is 48.0 Å². The van der Waals surface area contributed by atoms with Crippen molar-refractivity contribution in [3.63, 3.8) is 0 Å². The van der Waals surface area contributed by atoms with Crippen LogP contribution in [0.4, 0.5) is 4.79 Å². The topological polar surface area (TPSA) is 29.5 Å². The van der Waals surface area contributed by atoms with Gasteiger partial charge in [-0.15, -0.1) is 0 Å². The second-order valence-corrected chi connectivity index (χ2v) is 5.25. The van der Waals surface area contributed by atoms with Crippen molar-refractivity contribution in [2.45, 2.75) is 44.4 Å². The maximum Gasteiger partial charge on any atom is 0.411 e. The van der Waals surface area contributed by atoms with E-state index >= 15 is 0 Å². The Bertz CT molecular complexity index is 453. The van der Waals surface area contributed by atoms with Gasteiger partial charge < -0.3 is 4.74 Å². The van der Waals surface area contributed by atoms with Gasteiger partial charge in [-0.25, -0.2) is 4.79 Å². The zero-order chi connectivity index (χ0) is 13.1. The minimum absolute atomic E-state index is 0.175. The summed E-state index contributed by atoms with van der Waals surface area (Å²) in [6.45, 7) is 0.357. The van der Waals surface area contributed by atoms with E-state index < -0.39 is 0 Å². The van der Waals surface area contributed by atoms with E-state index in [2.05, 4.69) is 12.2 Å². The summed E-state index contributed by atoms with van der Waals surface area (Å²) < 4.78 is 5.45. The van der Waals surface area contributed by atoms with Crippen LogP contribution >= 0.6 is 0 Å². The fraction of sp³-hybridized carbons (Fsp3) is 0.438. The molecule has 0 aromatic heterocycles. The van der Waals surface area contributed by atoms with Crippen LogP contribution in [0.15, 0.2) is 42.5 Å². The molecule has 1 amide bonds.